The van der Waals surface area contributed by atoms with Gasteiger partial charge in [-0.1, -0.05) is 0 Å². The number of hydrogen-bond acceptors (Lipinski definition) is 2. The Bertz CT molecular complexity index is 303. The van der Waals surface area contributed by atoms with Gasteiger partial charge in [0.25, 0.3) is 0 Å². The van der Waals surface area contributed by atoms with Crippen LogP contribution in [0.2, 0.25) is 0 Å². The molecule has 0 bridgehead atoms. The summed E-state index contributed by atoms with van der Waals surface area (Å²) in [7, 11) is 0. The highest BCUT2D eigenvalue weighted by Crippen LogP contribution is 2.19. The summed E-state index contributed by atoms with van der Waals surface area (Å²) in [5.74, 6) is 0. The Morgan fingerprint density at radius 3 is 2.82 bits per heavy atom. The van der Waals surface area contributed by atoms with Gasteiger partial charge in [-0.2, -0.15) is 5.26 Å². The maximum absolute atomic E-state index is 8.67. The van der Waals surface area contributed by atoms with Crippen LogP contribution < -0.4 is 0 Å². The molecule has 1 aromatic carbocycles. The fourth-order valence-electron chi connectivity index (χ4n) is 0.717. The maximum atomic E-state index is 8.67. The van der Waals surface area contributed by atoms with Crippen LogP contribution in [0.4, 0.5) is 0 Å². The van der Waals surface area contributed by atoms with E-state index in [1.165, 1.54) is 0 Å². The molecule has 0 fully saturated rings. The minimum Gasteiger partial charge on any atom is -0.192 e. The first-order chi connectivity index (χ1) is 5.27. The summed E-state index contributed by atoms with van der Waals surface area (Å²) in [6.45, 7) is 0. The zero-order chi connectivity index (χ0) is 8.27. The molecule has 0 N–H and O–H groups in total. The Hall–Kier alpha value is -0.210. The third-order valence-corrected chi connectivity index (χ3v) is 2.96. The summed E-state index contributed by atoms with van der Waals surface area (Å²) in [5, 5.41) is 8.67. The Morgan fingerprint density at radius 2 is 2.27 bits per heavy atom. The van der Waals surface area contributed by atoms with Crippen molar-refractivity contribution < 1.29 is 0 Å². The molecule has 0 unspecified atom stereocenters. The second-order valence-electron chi connectivity index (χ2n) is 1.96. The van der Waals surface area contributed by atoms with Crippen LogP contribution in [-0.2, 0) is 0 Å². The molecule has 11 heavy (non-hydrogen) atoms. The van der Waals surface area contributed by atoms with E-state index < -0.39 is 0 Å². The maximum Gasteiger partial charge on any atom is 0.100 e. The van der Waals surface area contributed by atoms with Crippen molar-refractivity contribution in [2.24, 2.45) is 0 Å². The highest BCUT2D eigenvalue weighted by Gasteiger charge is 1.98. The quantitative estimate of drug-likeness (QED) is 0.581. The lowest BCUT2D eigenvalue weighted by Crippen LogP contribution is -1.80. The summed E-state index contributed by atoms with van der Waals surface area (Å²) in [5.41, 5.74) is 0.762. The zero-order valence-corrected chi connectivity index (χ0v) is 8.94. The van der Waals surface area contributed by atoms with E-state index in [-0.39, 0.29) is 0 Å². The largest absolute Gasteiger partial charge is 0.192 e. The van der Waals surface area contributed by atoms with E-state index in [9.17, 15) is 0 Å². The van der Waals surface area contributed by atoms with E-state index in [0.717, 1.165) is 14.0 Å². The molecule has 56 valence electrons. The van der Waals surface area contributed by atoms with Crippen molar-refractivity contribution in [1.82, 2.24) is 0 Å². The van der Waals surface area contributed by atoms with Crippen LogP contribution in [0.5, 0.6) is 0 Å². The molecule has 0 amide bonds. The van der Waals surface area contributed by atoms with Crippen molar-refractivity contribution in [2.75, 3.05) is 6.26 Å². The number of hydrogen-bond donors (Lipinski definition) is 0. The van der Waals surface area contributed by atoms with Crippen molar-refractivity contribution in [1.29, 1.82) is 5.26 Å². The lowest BCUT2D eigenvalue weighted by molar-refractivity contribution is 1.38. The first kappa shape index (κ1) is 8.88. The van der Waals surface area contributed by atoms with Crippen molar-refractivity contribution in [3.05, 3.63) is 27.3 Å². The van der Waals surface area contributed by atoms with Gasteiger partial charge in [0.1, 0.15) is 6.07 Å². The fraction of sp³-hybridized carbons (Fsp3) is 0.125. The molecule has 0 aliphatic heterocycles. The molecule has 1 aromatic rings. The summed E-state index contributed by atoms with van der Waals surface area (Å²) in [6.07, 6.45) is 2.00. The van der Waals surface area contributed by atoms with Gasteiger partial charge >= 0.3 is 0 Å². The van der Waals surface area contributed by atoms with Crippen molar-refractivity contribution in [2.45, 2.75) is 4.90 Å². The topological polar surface area (TPSA) is 23.8 Å². The van der Waals surface area contributed by atoms with E-state index in [1.807, 2.05) is 24.5 Å². The molecule has 3 heteroatoms. The van der Waals surface area contributed by atoms with Gasteiger partial charge in [0, 0.05) is 8.47 Å². The Labute approximate surface area is 83.9 Å². The minimum atomic E-state index is 0.762. The Kier molecular flexibility index (Phi) is 3.21. The summed E-state index contributed by atoms with van der Waals surface area (Å²) in [4.78, 5) is 1.14. The SMILES string of the molecule is CSc1ccc(I)c(C#N)c1. The number of halogens is 1. The first-order valence-electron chi connectivity index (χ1n) is 3.01. The Morgan fingerprint density at radius 1 is 1.55 bits per heavy atom. The second kappa shape index (κ2) is 3.98. The van der Waals surface area contributed by atoms with Gasteiger partial charge in [0.15, 0.2) is 0 Å². The fourth-order valence-corrected chi connectivity index (χ4v) is 1.61. The molecule has 1 rings (SSSR count). The molecule has 0 saturated heterocycles. The van der Waals surface area contributed by atoms with Gasteiger partial charge in [0.05, 0.1) is 5.56 Å². The number of thioether (sulfide) groups is 1. The molecule has 0 spiro atoms. The van der Waals surface area contributed by atoms with Gasteiger partial charge in [-0.05, 0) is 47.0 Å². The standard InChI is InChI=1S/C8H6INS/c1-11-7-2-3-8(9)6(4-7)5-10/h2-4H,1H3. The molecular formula is C8H6INS. The molecule has 0 heterocycles. The number of benzene rings is 1. The minimum absolute atomic E-state index is 0.762. The van der Waals surface area contributed by atoms with Crippen LogP contribution in [0, 0.1) is 14.9 Å². The van der Waals surface area contributed by atoms with E-state index in [4.69, 9.17) is 5.26 Å². The number of nitrogens with zero attached hydrogens (tertiary/aromatic N) is 1. The molecule has 0 saturated carbocycles. The predicted molar refractivity (Wildman–Crippen MR) is 55.7 cm³/mol. The average Bonchev–Trinajstić information content (AvgIpc) is 2.05. The van der Waals surface area contributed by atoms with Gasteiger partial charge < -0.3 is 0 Å². The van der Waals surface area contributed by atoms with E-state index in [0.29, 0.717) is 0 Å². The van der Waals surface area contributed by atoms with Crippen molar-refractivity contribution in [3.63, 3.8) is 0 Å². The average molecular weight is 275 g/mol. The molecular weight excluding hydrogens is 269 g/mol. The van der Waals surface area contributed by atoms with Gasteiger partial charge in [-0.15, -0.1) is 11.8 Å². The zero-order valence-electron chi connectivity index (χ0n) is 5.97. The smallest absolute Gasteiger partial charge is 0.100 e. The number of rotatable bonds is 1. The van der Waals surface area contributed by atoms with E-state index >= 15 is 0 Å². The van der Waals surface area contributed by atoms with E-state index in [1.54, 1.807) is 11.8 Å². The lowest BCUT2D eigenvalue weighted by Gasteiger charge is -1.97. The molecule has 0 aliphatic carbocycles. The first-order valence-corrected chi connectivity index (χ1v) is 5.32. The third kappa shape index (κ3) is 2.11. The molecule has 0 radical (unpaired) electrons. The summed E-state index contributed by atoms with van der Waals surface area (Å²) >= 11 is 3.81. The van der Waals surface area contributed by atoms with Gasteiger partial charge in [0.2, 0.25) is 0 Å². The van der Waals surface area contributed by atoms with Crippen LogP contribution in [0.15, 0.2) is 23.1 Å². The highest BCUT2D eigenvalue weighted by molar-refractivity contribution is 14.1. The van der Waals surface area contributed by atoms with Gasteiger partial charge in [-0.25, -0.2) is 0 Å². The van der Waals surface area contributed by atoms with Crippen LogP contribution in [-0.4, -0.2) is 6.26 Å². The third-order valence-electron chi connectivity index (χ3n) is 1.29. The van der Waals surface area contributed by atoms with Crippen LogP contribution in [0.3, 0.4) is 0 Å². The molecule has 1 nitrogen and oxygen atoms in total. The van der Waals surface area contributed by atoms with Crippen LogP contribution >= 0.6 is 34.4 Å². The Balaban J connectivity index is 3.15. The normalized spacial score (nSPS) is 9.18. The summed E-state index contributed by atoms with van der Waals surface area (Å²) in [6, 6.07) is 8.04. The summed E-state index contributed by atoms with van der Waals surface area (Å²) < 4.78 is 1.02. The molecule has 0 aromatic heterocycles. The number of nitriles is 1. The molecule has 0 atom stereocenters. The van der Waals surface area contributed by atoms with Gasteiger partial charge in [-0.3, -0.25) is 0 Å². The van der Waals surface area contributed by atoms with Crippen LogP contribution in [0.1, 0.15) is 5.56 Å². The second-order valence-corrected chi connectivity index (χ2v) is 4.00. The molecule has 0 aliphatic rings. The van der Waals surface area contributed by atoms with Crippen molar-refractivity contribution in [3.8, 4) is 6.07 Å². The van der Waals surface area contributed by atoms with Crippen LogP contribution in [0.25, 0.3) is 0 Å². The van der Waals surface area contributed by atoms with Crippen molar-refractivity contribution >= 4 is 34.4 Å². The monoisotopic (exact) mass is 275 g/mol. The van der Waals surface area contributed by atoms with E-state index in [2.05, 4.69) is 28.7 Å². The highest BCUT2D eigenvalue weighted by atomic mass is 127. The lowest BCUT2D eigenvalue weighted by atomic mass is 10.2. The predicted octanol–water partition coefficient (Wildman–Crippen LogP) is 2.88.